The Morgan fingerprint density at radius 1 is 1.32 bits per heavy atom. The van der Waals surface area contributed by atoms with Gasteiger partial charge in [-0.3, -0.25) is 4.98 Å². The Balaban J connectivity index is 1.98. The van der Waals surface area contributed by atoms with Crippen LogP contribution >= 0.6 is 11.6 Å². The van der Waals surface area contributed by atoms with Gasteiger partial charge in [0.1, 0.15) is 11.0 Å². The van der Waals surface area contributed by atoms with Gasteiger partial charge in [0, 0.05) is 6.54 Å². The summed E-state index contributed by atoms with van der Waals surface area (Å²) >= 11 is 5.72. The molecule has 0 atom stereocenters. The molecule has 1 heterocycles. The molecule has 5 nitrogen and oxygen atoms in total. The summed E-state index contributed by atoms with van der Waals surface area (Å²) < 4.78 is 0. The van der Waals surface area contributed by atoms with Gasteiger partial charge < -0.3 is 10.4 Å². The summed E-state index contributed by atoms with van der Waals surface area (Å²) in [6.45, 7) is 0.555. The molecule has 0 aliphatic rings. The van der Waals surface area contributed by atoms with Gasteiger partial charge in [0.25, 0.3) is 0 Å². The third-order valence-electron chi connectivity index (χ3n) is 2.55. The second-order valence-electron chi connectivity index (χ2n) is 3.87. The van der Waals surface area contributed by atoms with Crippen LogP contribution in [0.5, 0.6) is 0 Å². The fourth-order valence-electron chi connectivity index (χ4n) is 1.70. The Bertz CT molecular complexity index is 590. The van der Waals surface area contributed by atoms with Gasteiger partial charge >= 0.3 is 5.97 Å². The Kier molecular flexibility index (Phi) is 4.30. The number of halogens is 1. The second-order valence-corrected chi connectivity index (χ2v) is 4.25. The first-order valence-electron chi connectivity index (χ1n) is 5.69. The van der Waals surface area contributed by atoms with Crippen molar-refractivity contribution in [1.29, 1.82) is 0 Å². The van der Waals surface area contributed by atoms with Crippen LogP contribution in [-0.2, 0) is 6.42 Å². The lowest BCUT2D eigenvalue weighted by molar-refractivity contribution is 0.0695. The van der Waals surface area contributed by atoms with Crippen molar-refractivity contribution in [2.75, 3.05) is 11.9 Å². The summed E-state index contributed by atoms with van der Waals surface area (Å²) in [6.07, 6.45) is 3.60. The Morgan fingerprint density at radius 2 is 2.11 bits per heavy atom. The van der Waals surface area contributed by atoms with E-state index in [4.69, 9.17) is 16.7 Å². The molecule has 98 valence electrons. The van der Waals surface area contributed by atoms with Crippen LogP contribution in [0.15, 0.2) is 36.7 Å². The van der Waals surface area contributed by atoms with Gasteiger partial charge in [-0.05, 0) is 18.1 Å². The van der Waals surface area contributed by atoms with Crippen molar-refractivity contribution >= 4 is 23.4 Å². The van der Waals surface area contributed by atoms with Gasteiger partial charge in [0.2, 0.25) is 0 Å². The predicted octanol–water partition coefficient (Wildman–Crippen LogP) is 2.48. The maximum atomic E-state index is 11.0. The molecular formula is C13H12ClN3O2. The van der Waals surface area contributed by atoms with Gasteiger partial charge in [-0.2, -0.15) is 0 Å². The number of carboxylic acids is 1. The number of carboxylic acid groups (broad SMARTS) is 1. The Labute approximate surface area is 115 Å². The van der Waals surface area contributed by atoms with Gasteiger partial charge in [-0.1, -0.05) is 29.8 Å². The first kappa shape index (κ1) is 13.3. The van der Waals surface area contributed by atoms with Gasteiger partial charge in [0.05, 0.1) is 18.0 Å². The van der Waals surface area contributed by atoms with Crippen LogP contribution < -0.4 is 5.32 Å². The zero-order valence-electron chi connectivity index (χ0n) is 10.0. The molecular weight excluding hydrogens is 266 g/mol. The maximum absolute atomic E-state index is 11.0. The molecule has 1 aromatic heterocycles. The van der Waals surface area contributed by atoms with Crippen molar-refractivity contribution in [2.24, 2.45) is 0 Å². The summed E-state index contributed by atoms with van der Waals surface area (Å²) in [5.74, 6) is -0.349. The van der Waals surface area contributed by atoms with E-state index in [1.54, 1.807) is 24.4 Å². The lowest BCUT2D eigenvalue weighted by atomic mass is 10.0. The molecule has 0 aliphatic carbocycles. The smallest absolute Gasteiger partial charge is 0.335 e. The zero-order valence-corrected chi connectivity index (χ0v) is 10.8. The van der Waals surface area contributed by atoms with E-state index in [0.29, 0.717) is 29.5 Å². The number of hydrogen-bond acceptors (Lipinski definition) is 4. The predicted molar refractivity (Wildman–Crippen MR) is 72.6 cm³/mol. The molecule has 0 radical (unpaired) electrons. The summed E-state index contributed by atoms with van der Waals surface area (Å²) in [5.41, 5.74) is 1.10. The summed E-state index contributed by atoms with van der Waals surface area (Å²) in [5, 5.41) is 12.4. The number of nitrogens with zero attached hydrogens (tertiary/aromatic N) is 2. The fraction of sp³-hybridized carbons (Fsp3) is 0.154. The lowest BCUT2D eigenvalue weighted by Gasteiger charge is -2.07. The van der Waals surface area contributed by atoms with E-state index in [9.17, 15) is 4.79 Å². The number of rotatable bonds is 5. The van der Waals surface area contributed by atoms with Crippen LogP contribution in [0, 0.1) is 0 Å². The number of aromatic nitrogens is 2. The molecule has 1 aromatic carbocycles. The van der Waals surface area contributed by atoms with Crippen LogP contribution in [0.3, 0.4) is 0 Å². The first-order valence-corrected chi connectivity index (χ1v) is 6.07. The van der Waals surface area contributed by atoms with Crippen LogP contribution in [0.2, 0.25) is 5.15 Å². The molecule has 0 saturated carbocycles. The van der Waals surface area contributed by atoms with Gasteiger partial charge in [-0.15, -0.1) is 0 Å². The average Bonchev–Trinajstić information content (AvgIpc) is 2.39. The lowest BCUT2D eigenvalue weighted by Crippen LogP contribution is -2.10. The monoisotopic (exact) mass is 277 g/mol. The molecule has 2 aromatic rings. The molecule has 2 N–H and O–H groups in total. The highest BCUT2D eigenvalue weighted by Gasteiger charge is 2.08. The van der Waals surface area contributed by atoms with E-state index in [2.05, 4.69) is 15.3 Å². The van der Waals surface area contributed by atoms with E-state index in [0.717, 1.165) is 5.56 Å². The Morgan fingerprint density at radius 3 is 2.84 bits per heavy atom. The molecule has 0 aliphatic heterocycles. The number of nitrogens with one attached hydrogen (secondary N) is 1. The molecule has 0 saturated heterocycles. The zero-order chi connectivity index (χ0) is 13.7. The van der Waals surface area contributed by atoms with E-state index in [1.807, 2.05) is 6.07 Å². The van der Waals surface area contributed by atoms with Crippen LogP contribution in [0.1, 0.15) is 15.9 Å². The number of benzene rings is 1. The molecule has 0 unspecified atom stereocenters. The number of carbonyl (C=O) groups is 1. The normalized spacial score (nSPS) is 10.2. The molecule has 6 heteroatoms. The molecule has 0 fully saturated rings. The molecule has 0 spiro atoms. The summed E-state index contributed by atoms with van der Waals surface area (Å²) in [7, 11) is 0. The molecule has 2 rings (SSSR count). The highest BCUT2D eigenvalue weighted by Crippen LogP contribution is 2.11. The van der Waals surface area contributed by atoms with E-state index in [-0.39, 0.29) is 0 Å². The van der Waals surface area contributed by atoms with Crippen molar-refractivity contribution < 1.29 is 9.90 Å². The highest BCUT2D eigenvalue weighted by molar-refractivity contribution is 6.29. The van der Waals surface area contributed by atoms with Crippen molar-refractivity contribution in [2.45, 2.75) is 6.42 Å². The third kappa shape index (κ3) is 3.66. The van der Waals surface area contributed by atoms with Crippen molar-refractivity contribution in [3.8, 4) is 0 Å². The first-order chi connectivity index (χ1) is 9.16. The second kappa shape index (κ2) is 6.15. The minimum Gasteiger partial charge on any atom is -0.478 e. The summed E-state index contributed by atoms with van der Waals surface area (Å²) in [6, 6.07) is 6.93. The number of aromatic carboxylic acids is 1. The van der Waals surface area contributed by atoms with Crippen LogP contribution in [-0.4, -0.2) is 27.6 Å². The van der Waals surface area contributed by atoms with E-state index >= 15 is 0 Å². The van der Waals surface area contributed by atoms with E-state index in [1.165, 1.54) is 6.20 Å². The van der Waals surface area contributed by atoms with Crippen LogP contribution in [0.25, 0.3) is 0 Å². The van der Waals surface area contributed by atoms with Crippen LogP contribution in [0.4, 0.5) is 5.82 Å². The molecule has 0 amide bonds. The largest absolute Gasteiger partial charge is 0.478 e. The molecule has 0 bridgehead atoms. The number of hydrogen-bond donors (Lipinski definition) is 2. The SMILES string of the molecule is O=C(O)c1ccccc1CCNc1cncc(Cl)n1. The van der Waals surface area contributed by atoms with Crippen molar-refractivity contribution in [1.82, 2.24) is 9.97 Å². The quantitative estimate of drug-likeness (QED) is 0.878. The summed E-state index contributed by atoms with van der Waals surface area (Å²) in [4.78, 5) is 19.0. The molecule has 19 heavy (non-hydrogen) atoms. The van der Waals surface area contributed by atoms with Gasteiger partial charge in [0.15, 0.2) is 0 Å². The highest BCUT2D eigenvalue weighted by atomic mass is 35.5. The van der Waals surface area contributed by atoms with E-state index < -0.39 is 5.97 Å². The number of anilines is 1. The minimum atomic E-state index is -0.918. The standard InChI is InChI=1S/C13H12ClN3O2/c14-11-7-15-8-12(17-11)16-6-5-9-3-1-2-4-10(9)13(18)19/h1-4,7-8H,5-6H2,(H,16,17)(H,18,19). The van der Waals surface area contributed by atoms with Crippen molar-refractivity contribution in [3.63, 3.8) is 0 Å². The fourth-order valence-corrected chi connectivity index (χ4v) is 1.85. The Hall–Kier alpha value is -2.14. The maximum Gasteiger partial charge on any atom is 0.335 e. The van der Waals surface area contributed by atoms with Gasteiger partial charge in [-0.25, -0.2) is 9.78 Å². The minimum absolute atomic E-state index is 0.316. The van der Waals surface area contributed by atoms with Crippen molar-refractivity contribution in [3.05, 3.63) is 52.9 Å². The average molecular weight is 278 g/mol. The topological polar surface area (TPSA) is 75.1 Å². The third-order valence-corrected chi connectivity index (χ3v) is 2.74.